The molecule has 1 aromatic rings. The lowest BCUT2D eigenvalue weighted by Gasteiger charge is -2.08. The van der Waals surface area contributed by atoms with E-state index in [2.05, 4.69) is 0 Å². The second-order valence-corrected chi connectivity index (χ2v) is 3.21. The number of methoxy groups -OCH3 is 1. The SMILES string of the molecule is COc1cc(C)c(CC(=O)O)cc1C=O. The van der Waals surface area contributed by atoms with Gasteiger partial charge >= 0.3 is 5.97 Å². The Balaban J connectivity index is 3.19. The third-order valence-corrected chi connectivity index (χ3v) is 2.16. The van der Waals surface area contributed by atoms with Gasteiger partial charge in [-0.25, -0.2) is 0 Å². The Morgan fingerprint density at radius 3 is 2.67 bits per heavy atom. The van der Waals surface area contributed by atoms with Crippen LogP contribution in [0.4, 0.5) is 0 Å². The Morgan fingerprint density at radius 2 is 2.20 bits per heavy atom. The quantitative estimate of drug-likeness (QED) is 0.760. The number of aliphatic carboxylic acids is 1. The van der Waals surface area contributed by atoms with Crippen LogP contribution in [-0.2, 0) is 11.2 Å². The van der Waals surface area contributed by atoms with Crippen LogP contribution in [0.15, 0.2) is 12.1 Å². The number of hydrogen-bond donors (Lipinski definition) is 1. The van der Waals surface area contributed by atoms with Crippen LogP contribution in [0.2, 0.25) is 0 Å². The van der Waals surface area contributed by atoms with Crippen molar-refractivity contribution in [3.8, 4) is 5.75 Å². The Hall–Kier alpha value is -1.84. The summed E-state index contributed by atoms with van der Waals surface area (Å²) in [7, 11) is 1.47. The molecule has 0 aliphatic rings. The first-order valence-corrected chi connectivity index (χ1v) is 4.43. The molecule has 0 unspecified atom stereocenters. The summed E-state index contributed by atoms with van der Waals surface area (Å²) in [5.41, 5.74) is 1.81. The van der Waals surface area contributed by atoms with Crippen LogP contribution in [-0.4, -0.2) is 24.5 Å². The summed E-state index contributed by atoms with van der Waals surface area (Å²) in [6.45, 7) is 1.79. The van der Waals surface area contributed by atoms with E-state index < -0.39 is 5.97 Å². The van der Waals surface area contributed by atoms with Gasteiger partial charge in [0.25, 0.3) is 0 Å². The van der Waals surface area contributed by atoms with Gasteiger partial charge in [0, 0.05) is 0 Å². The van der Waals surface area contributed by atoms with E-state index >= 15 is 0 Å². The molecule has 0 saturated heterocycles. The molecule has 0 spiro atoms. The monoisotopic (exact) mass is 208 g/mol. The van der Waals surface area contributed by atoms with Gasteiger partial charge in [-0.15, -0.1) is 0 Å². The van der Waals surface area contributed by atoms with Crippen molar-refractivity contribution in [2.75, 3.05) is 7.11 Å². The maximum Gasteiger partial charge on any atom is 0.307 e. The number of benzene rings is 1. The van der Waals surface area contributed by atoms with E-state index in [1.165, 1.54) is 7.11 Å². The second-order valence-electron chi connectivity index (χ2n) is 3.21. The Bertz CT molecular complexity index is 396. The van der Waals surface area contributed by atoms with Crippen molar-refractivity contribution in [1.29, 1.82) is 0 Å². The Labute approximate surface area is 87.5 Å². The van der Waals surface area contributed by atoms with Crippen molar-refractivity contribution in [2.45, 2.75) is 13.3 Å². The lowest BCUT2D eigenvalue weighted by molar-refractivity contribution is -0.136. The molecule has 0 radical (unpaired) electrons. The van der Waals surface area contributed by atoms with Crippen molar-refractivity contribution in [3.63, 3.8) is 0 Å². The van der Waals surface area contributed by atoms with Gasteiger partial charge in [-0.05, 0) is 30.2 Å². The molecule has 1 rings (SSSR count). The largest absolute Gasteiger partial charge is 0.496 e. The van der Waals surface area contributed by atoms with Gasteiger partial charge in [0.15, 0.2) is 6.29 Å². The fraction of sp³-hybridized carbons (Fsp3) is 0.273. The average Bonchev–Trinajstić information content (AvgIpc) is 2.19. The van der Waals surface area contributed by atoms with Crippen LogP contribution in [0.3, 0.4) is 0 Å². The molecule has 0 aromatic heterocycles. The van der Waals surface area contributed by atoms with Gasteiger partial charge in [-0.1, -0.05) is 0 Å². The minimum atomic E-state index is -0.917. The van der Waals surface area contributed by atoms with E-state index in [1.54, 1.807) is 19.1 Å². The predicted molar refractivity (Wildman–Crippen MR) is 54.5 cm³/mol. The molecule has 0 saturated carbocycles. The Kier molecular flexibility index (Phi) is 3.44. The molecule has 0 amide bonds. The molecular weight excluding hydrogens is 196 g/mol. The number of aryl methyl sites for hydroxylation is 1. The molecule has 0 aliphatic carbocycles. The summed E-state index contributed by atoms with van der Waals surface area (Å²) in [6.07, 6.45) is 0.570. The molecule has 0 bridgehead atoms. The van der Waals surface area contributed by atoms with Crippen molar-refractivity contribution in [3.05, 3.63) is 28.8 Å². The molecule has 4 heteroatoms. The van der Waals surface area contributed by atoms with E-state index in [0.29, 0.717) is 23.2 Å². The third kappa shape index (κ3) is 2.56. The van der Waals surface area contributed by atoms with E-state index in [1.807, 2.05) is 0 Å². The van der Waals surface area contributed by atoms with Crippen LogP contribution >= 0.6 is 0 Å². The number of ether oxygens (including phenoxy) is 1. The van der Waals surface area contributed by atoms with E-state index in [9.17, 15) is 9.59 Å². The van der Waals surface area contributed by atoms with Crippen molar-refractivity contribution in [2.24, 2.45) is 0 Å². The van der Waals surface area contributed by atoms with Crippen LogP contribution in [0.25, 0.3) is 0 Å². The summed E-state index contributed by atoms with van der Waals surface area (Å²) < 4.78 is 5.00. The van der Waals surface area contributed by atoms with Gasteiger partial charge < -0.3 is 9.84 Å². The molecule has 0 heterocycles. The topological polar surface area (TPSA) is 63.6 Å². The average molecular weight is 208 g/mol. The van der Waals surface area contributed by atoms with Gasteiger partial charge in [0.2, 0.25) is 0 Å². The second kappa shape index (κ2) is 4.59. The molecular formula is C11H12O4. The van der Waals surface area contributed by atoms with Crippen LogP contribution in [0, 0.1) is 6.92 Å². The van der Waals surface area contributed by atoms with Gasteiger partial charge in [-0.3, -0.25) is 9.59 Å². The lowest BCUT2D eigenvalue weighted by Crippen LogP contribution is -2.03. The molecule has 4 nitrogen and oxygen atoms in total. The molecule has 0 atom stereocenters. The first-order chi connectivity index (χ1) is 7.08. The highest BCUT2D eigenvalue weighted by Crippen LogP contribution is 2.22. The zero-order valence-corrected chi connectivity index (χ0v) is 8.61. The molecule has 1 N–H and O–H groups in total. The van der Waals surface area contributed by atoms with Gasteiger partial charge in [0.05, 0.1) is 19.1 Å². The van der Waals surface area contributed by atoms with Crippen molar-refractivity contribution in [1.82, 2.24) is 0 Å². The van der Waals surface area contributed by atoms with Crippen LogP contribution in [0.1, 0.15) is 21.5 Å². The molecule has 1 aromatic carbocycles. The summed E-state index contributed by atoms with van der Waals surface area (Å²) >= 11 is 0. The summed E-state index contributed by atoms with van der Waals surface area (Å²) in [4.78, 5) is 21.3. The smallest absolute Gasteiger partial charge is 0.307 e. The minimum absolute atomic E-state index is 0.0866. The first-order valence-electron chi connectivity index (χ1n) is 4.43. The summed E-state index contributed by atoms with van der Waals surface area (Å²) in [6, 6.07) is 3.22. The summed E-state index contributed by atoms with van der Waals surface area (Å²) in [5, 5.41) is 8.66. The third-order valence-electron chi connectivity index (χ3n) is 2.16. The number of hydrogen-bond acceptors (Lipinski definition) is 3. The van der Waals surface area contributed by atoms with Crippen LogP contribution < -0.4 is 4.74 Å². The maximum absolute atomic E-state index is 10.7. The number of aldehydes is 1. The number of carboxylic acid groups (broad SMARTS) is 1. The number of carboxylic acids is 1. The first kappa shape index (κ1) is 11.2. The highest BCUT2D eigenvalue weighted by molar-refractivity contribution is 5.81. The molecule has 0 aliphatic heterocycles. The van der Waals surface area contributed by atoms with Gasteiger partial charge in [0.1, 0.15) is 5.75 Å². The lowest BCUT2D eigenvalue weighted by atomic mass is 10.0. The molecule has 0 fully saturated rings. The summed E-state index contributed by atoms with van der Waals surface area (Å²) in [5.74, 6) is -0.447. The standard InChI is InChI=1S/C11H12O4/c1-7-3-10(15-2)9(6-12)4-8(7)5-11(13)14/h3-4,6H,5H2,1-2H3,(H,13,14). The minimum Gasteiger partial charge on any atom is -0.496 e. The van der Waals surface area contributed by atoms with Crippen LogP contribution in [0.5, 0.6) is 5.75 Å². The maximum atomic E-state index is 10.7. The normalized spacial score (nSPS) is 9.73. The van der Waals surface area contributed by atoms with Crippen molar-refractivity contribution < 1.29 is 19.4 Å². The highest BCUT2D eigenvalue weighted by atomic mass is 16.5. The number of carbonyl (C=O) groups is 2. The Morgan fingerprint density at radius 1 is 1.53 bits per heavy atom. The fourth-order valence-corrected chi connectivity index (χ4v) is 1.37. The zero-order valence-electron chi connectivity index (χ0n) is 8.61. The van der Waals surface area contributed by atoms with Gasteiger partial charge in [-0.2, -0.15) is 0 Å². The predicted octanol–water partition coefficient (Wildman–Crippen LogP) is 1.44. The fourth-order valence-electron chi connectivity index (χ4n) is 1.37. The van der Waals surface area contributed by atoms with E-state index in [4.69, 9.17) is 9.84 Å². The number of rotatable bonds is 4. The molecule has 15 heavy (non-hydrogen) atoms. The van der Waals surface area contributed by atoms with E-state index in [0.717, 1.165) is 5.56 Å². The highest BCUT2D eigenvalue weighted by Gasteiger charge is 2.09. The van der Waals surface area contributed by atoms with Crippen molar-refractivity contribution >= 4 is 12.3 Å². The van der Waals surface area contributed by atoms with E-state index in [-0.39, 0.29) is 6.42 Å². The number of carbonyl (C=O) groups excluding carboxylic acids is 1. The molecule has 80 valence electrons. The zero-order chi connectivity index (χ0) is 11.4.